The number of carbonyl (C=O) groups excluding carboxylic acids is 1. The van der Waals surface area contributed by atoms with E-state index >= 15 is 0 Å². The minimum absolute atomic E-state index is 0.263. The number of carboxylic acid groups (broad SMARTS) is 1. The van der Waals surface area contributed by atoms with Crippen molar-refractivity contribution in [3.05, 3.63) is 29.8 Å². The molecule has 1 aromatic carbocycles. The van der Waals surface area contributed by atoms with E-state index in [-0.39, 0.29) is 5.91 Å². The van der Waals surface area contributed by atoms with Crippen LogP contribution in [0.25, 0.3) is 0 Å². The van der Waals surface area contributed by atoms with Crippen LogP contribution in [0.3, 0.4) is 0 Å². The highest BCUT2D eigenvalue weighted by atomic mass is 32.2. The Bertz CT molecular complexity index is 486. The first-order valence-corrected chi connectivity index (χ1v) is 7.86. The van der Waals surface area contributed by atoms with Crippen molar-refractivity contribution < 1.29 is 14.7 Å². The number of amides is 1. The molecule has 1 heterocycles. The standard InChI is InChI=1S/C15H19NO3S/c1-2-12-5-8-14(17)16(12)9-10-20-13-6-3-11(4-7-13)15(18)19/h3-4,6-7,12H,2,5,8-10H2,1H3,(H,18,19). The first-order valence-electron chi connectivity index (χ1n) is 6.87. The molecule has 0 spiro atoms. The second kappa shape index (κ2) is 6.79. The molecule has 1 atom stereocenters. The third-order valence-electron chi connectivity index (χ3n) is 3.63. The van der Waals surface area contributed by atoms with Crippen molar-refractivity contribution in [1.29, 1.82) is 0 Å². The predicted octanol–water partition coefficient (Wildman–Crippen LogP) is 2.88. The monoisotopic (exact) mass is 293 g/mol. The molecule has 0 aromatic heterocycles. The summed E-state index contributed by atoms with van der Waals surface area (Å²) in [5, 5.41) is 8.83. The summed E-state index contributed by atoms with van der Waals surface area (Å²) < 4.78 is 0. The molecule has 0 radical (unpaired) electrons. The van der Waals surface area contributed by atoms with Gasteiger partial charge in [-0.05, 0) is 37.1 Å². The average Bonchev–Trinajstić information content (AvgIpc) is 2.80. The lowest BCUT2D eigenvalue weighted by atomic mass is 10.2. The van der Waals surface area contributed by atoms with Gasteiger partial charge in [0.25, 0.3) is 0 Å². The van der Waals surface area contributed by atoms with Crippen molar-refractivity contribution in [3.8, 4) is 0 Å². The Balaban J connectivity index is 1.83. The van der Waals surface area contributed by atoms with Gasteiger partial charge >= 0.3 is 5.97 Å². The molecule has 0 saturated carbocycles. The van der Waals surface area contributed by atoms with Gasteiger partial charge in [-0.1, -0.05) is 6.92 Å². The molecule has 1 aliphatic heterocycles. The maximum absolute atomic E-state index is 11.8. The maximum atomic E-state index is 11.8. The van der Waals surface area contributed by atoms with Crippen LogP contribution < -0.4 is 0 Å². The van der Waals surface area contributed by atoms with Crippen LogP contribution in [-0.2, 0) is 4.79 Å². The Morgan fingerprint density at radius 2 is 2.10 bits per heavy atom. The zero-order valence-electron chi connectivity index (χ0n) is 11.5. The van der Waals surface area contributed by atoms with Gasteiger partial charge in [0.15, 0.2) is 0 Å². The molecule has 20 heavy (non-hydrogen) atoms. The van der Waals surface area contributed by atoms with Crippen LogP contribution in [0.2, 0.25) is 0 Å². The van der Waals surface area contributed by atoms with Crippen LogP contribution in [0.5, 0.6) is 0 Å². The molecule has 0 bridgehead atoms. The molecule has 1 unspecified atom stereocenters. The van der Waals surface area contributed by atoms with Gasteiger partial charge in [0.1, 0.15) is 0 Å². The minimum atomic E-state index is -0.907. The molecular formula is C15H19NO3S. The fourth-order valence-electron chi connectivity index (χ4n) is 2.48. The van der Waals surface area contributed by atoms with Crippen LogP contribution in [0.4, 0.5) is 0 Å². The molecule has 1 fully saturated rings. The number of likely N-dealkylation sites (tertiary alicyclic amines) is 1. The lowest BCUT2D eigenvalue weighted by Gasteiger charge is -2.23. The molecule has 1 aliphatic rings. The lowest BCUT2D eigenvalue weighted by Crippen LogP contribution is -2.34. The van der Waals surface area contributed by atoms with Gasteiger partial charge in [-0.25, -0.2) is 4.79 Å². The van der Waals surface area contributed by atoms with Crippen LogP contribution in [0.1, 0.15) is 36.5 Å². The minimum Gasteiger partial charge on any atom is -0.478 e. The summed E-state index contributed by atoms with van der Waals surface area (Å²) in [5.74, 6) is 0.197. The topological polar surface area (TPSA) is 57.6 Å². The highest BCUT2D eigenvalue weighted by Gasteiger charge is 2.28. The van der Waals surface area contributed by atoms with Crippen LogP contribution in [0.15, 0.2) is 29.2 Å². The molecule has 1 saturated heterocycles. The molecule has 1 aromatic rings. The van der Waals surface area contributed by atoms with Gasteiger partial charge in [0, 0.05) is 29.7 Å². The SMILES string of the molecule is CCC1CCC(=O)N1CCSc1ccc(C(=O)O)cc1. The molecule has 5 heteroatoms. The van der Waals surface area contributed by atoms with E-state index in [4.69, 9.17) is 5.11 Å². The van der Waals surface area contributed by atoms with E-state index in [1.54, 1.807) is 23.9 Å². The maximum Gasteiger partial charge on any atom is 0.335 e. The van der Waals surface area contributed by atoms with E-state index < -0.39 is 5.97 Å². The van der Waals surface area contributed by atoms with Gasteiger partial charge in [0.2, 0.25) is 5.91 Å². The number of rotatable bonds is 6. The van der Waals surface area contributed by atoms with E-state index in [9.17, 15) is 9.59 Å². The van der Waals surface area contributed by atoms with E-state index in [1.807, 2.05) is 17.0 Å². The highest BCUT2D eigenvalue weighted by molar-refractivity contribution is 7.99. The predicted molar refractivity (Wildman–Crippen MR) is 79.2 cm³/mol. The van der Waals surface area contributed by atoms with Gasteiger partial charge < -0.3 is 10.0 Å². The van der Waals surface area contributed by atoms with Gasteiger partial charge in [-0.3, -0.25) is 4.79 Å². The number of aromatic carboxylic acids is 1. The number of thioether (sulfide) groups is 1. The van der Waals surface area contributed by atoms with Gasteiger partial charge in [-0.15, -0.1) is 11.8 Å². The summed E-state index contributed by atoms with van der Waals surface area (Å²) in [6.07, 6.45) is 2.67. The third kappa shape index (κ3) is 3.54. The van der Waals surface area contributed by atoms with Crippen LogP contribution >= 0.6 is 11.8 Å². The second-order valence-electron chi connectivity index (χ2n) is 4.87. The quantitative estimate of drug-likeness (QED) is 0.819. The van der Waals surface area contributed by atoms with Crippen molar-refractivity contribution in [2.24, 2.45) is 0 Å². The molecule has 2 rings (SSSR count). The van der Waals surface area contributed by atoms with E-state index in [0.717, 1.165) is 30.0 Å². The number of nitrogens with zero attached hydrogens (tertiary/aromatic N) is 1. The Morgan fingerprint density at radius 3 is 2.70 bits per heavy atom. The third-order valence-corrected chi connectivity index (χ3v) is 4.62. The summed E-state index contributed by atoms with van der Waals surface area (Å²) in [7, 11) is 0. The van der Waals surface area contributed by atoms with Crippen LogP contribution in [0, 0.1) is 0 Å². The first kappa shape index (κ1) is 14.9. The number of carbonyl (C=O) groups is 2. The number of carboxylic acids is 1. The van der Waals surface area contributed by atoms with Gasteiger partial charge in [-0.2, -0.15) is 0 Å². The normalized spacial score (nSPS) is 18.6. The van der Waals surface area contributed by atoms with E-state index in [2.05, 4.69) is 6.92 Å². The number of hydrogen-bond donors (Lipinski definition) is 1. The Morgan fingerprint density at radius 1 is 1.40 bits per heavy atom. The first-order chi connectivity index (χ1) is 9.61. The Labute approximate surface area is 123 Å². The summed E-state index contributed by atoms with van der Waals surface area (Å²) >= 11 is 1.66. The summed E-state index contributed by atoms with van der Waals surface area (Å²) in [5.41, 5.74) is 0.301. The fourth-order valence-corrected chi connectivity index (χ4v) is 3.33. The molecular weight excluding hydrogens is 274 g/mol. The molecule has 108 valence electrons. The van der Waals surface area contributed by atoms with Gasteiger partial charge in [0.05, 0.1) is 5.56 Å². The smallest absolute Gasteiger partial charge is 0.335 e. The lowest BCUT2D eigenvalue weighted by molar-refractivity contribution is -0.128. The number of benzene rings is 1. The Hall–Kier alpha value is -1.49. The van der Waals surface area contributed by atoms with Crippen molar-refractivity contribution in [3.63, 3.8) is 0 Å². The Kier molecular flexibility index (Phi) is 5.06. The molecule has 0 aliphatic carbocycles. The fraction of sp³-hybridized carbons (Fsp3) is 0.467. The average molecular weight is 293 g/mol. The summed E-state index contributed by atoms with van der Waals surface area (Å²) in [6.45, 7) is 2.89. The van der Waals surface area contributed by atoms with Crippen molar-refractivity contribution in [2.75, 3.05) is 12.3 Å². The zero-order chi connectivity index (χ0) is 14.5. The van der Waals surface area contributed by atoms with Crippen molar-refractivity contribution in [2.45, 2.75) is 37.1 Å². The van der Waals surface area contributed by atoms with Crippen molar-refractivity contribution >= 4 is 23.6 Å². The largest absolute Gasteiger partial charge is 0.478 e. The molecule has 1 amide bonds. The zero-order valence-corrected chi connectivity index (χ0v) is 12.4. The van der Waals surface area contributed by atoms with E-state index in [0.29, 0.717) is 18.0 Å². The molecule has 1 N–H and O–H groups in total. The van der Waals surface area contributed by atoms with E-state index in [1.165, 1.54) is 0 Å². The second-order valence-corrected chi connectivity index (χ2v) is 6.03. The molecule has 4 nitrogen and oxygen atoms in total. The van der Waals surface area contributed by atoms with Crippen LogP contribution in [-0.4, -0.2) is 40.2 Å². The highest BCUT2D eigenvalue weighted by Crippen LogP contribution is 2.23. The summed E-state index contributed by atoms with van der Waals surface area (Å²) in [6, 6.07) is 7.26. The summed E-state index contributed by atoms with van der Waals surface area (Å²) in [4.78, 5) is 25.5. The number of hydrogen-bond acceptors (Lipinski definition) is 3. The van der Waals surface area contributed by atoms with Crippen molar-refractivity contribution in [1.82, 2.24) is 4.90 Å².